The van der Waals surface area contributed by atoms with Gasteiger partial charge in [-0.1, -0.05) is 59.6 Å². The third-order valence-corrected chi connectivity index (χ3v) is 10.4. The Morgan fingerprint density at radius 2 is 0.947 bits per heavy atom. The lowest BCUT2D eigenvalue weighted by Gasteiger charge is -2.37. The fraction of sp³-hybridized carbons (Fsp3) is 0.143. The number of hydrogen-bond acceptors (Lipinski definition) is 4. The largest absolute Gasteiger partial charge is 0.279 e. The molecule has 0 heterocycles. The average Bonchev–Trinajstić information content (AvgIpc) is 2.91. The molecule has 10 heteroatoms. The number of hydrogen-bond donors (Lipinski definition) is 2. The molecule has 194 valence electrons. The van der Waals surface area contributed by atoms with Crippen molar-refractivity contribution in [2.75, 3.05) is 9.44 Å². The van der Waals surface area contributed by atoms with Crippen LogP contribution in [0.25, 0.3) is 10.8 Å². The summed E-state index contributed by atoms with van der Waals surface area (Å²) in [4.78, 5) is 0.174. The van der Waals surface area contributed by atoms with Crippen LogP contribution < -0.4 is 9.44 Å². The lowest BCUT2D eigenvalue weighted by atomic mass is 9.69. The van der Waals surface area contributed by atoms with Gasteiger partial charge in [0.05, 0.1) is 21.2 Å². The molecule has 2 unspecified atom stereocenters. The van der Waals surface area contributed by atoms with E-state index in [9.17, 15) is 16.8 Å². The molecule has 0 saturated carbocycles. The third-order valence-electron chi connectivity index (χ3n) is 7.12. The molecule has 0 aromatic heterocycles. The quantitative estimate of drug-likeness (QED) is 0.233. The van der Waals surface area contributed by atoms with Crippen LogP contribution in [0.1, 0.15) is 35.8 Å². The van der Waals surface area contributed by atoms with Gasteiger partial charge in [-0.25, -0.2) is 16.8 Å². The molecule has 0 fully saturated rings. The summed E-state index contributed by atoms with van der Waals surface area (Å²) in [6, 6.07) is 19.2. The molecule has 2 atom stereocenters. The van der Waals surface area contributed by atoms with E-state index in [1.165, 1.54) is 48.5 Å². The van der Waals surface area contributed by atoms with Gasteiger partial charge in [0.2, 0.25) is 0 Å². The van der Waals surface area contributed by atoms with Gasteiger partial charge in [0.25, 0.3) is 20.0 Å². The van der Waals surface area contributed by atoms with Crippen molar-refractivity contribution in [3.05, 3.63) is 106 Å². The monoisotopic (exact) mass is 584 g/mol. The summed E-state index contributed by atoms with van der Waals surface area (Å²) in [6.45, 7) is 0. The molecule has 3 aliphatic carbocycles. The van der Waals surface area contributed by atoms with Crippen LogP contribution in [0.3, 0.4) is 0 Å². The van der Waals surface area contributed by atoms with Crippen LogP contribution in [0.5, 0.6) is 0 Å². The lowest BCUT2D eigenvalue weighted by Crippen LogP contribution is -2.25. The second kappa shape index (κ2) is 9.31. The van der Waals surface area contributed by atoms with Crippen molar-refractivity contribution in [2.24, 2.45) is 0 Å². The first-order valence-electron chi connectivity index (χ1n) is 12.0. The molecule has 3 aliphatic rings. The first-order chi connectivity index (χ1) is 18.1. The number of anilines is 2. The minimum Gasteiger partial charge on any atom is -0.279 e. The number of nitrogens with one attached hydrogen (secondary N) is 2. The number of sulfonamides is 2. The number of benzene rings is 4. The van der Waals surface area contributed by atoms with Crippen LogP contribution in [0.15, 0.2) is 94.7 Å². The highest BCUT2D eigenvalue weighted by molar-refractivity contribution is 7.93. The molecule has 2 N–H and O–H groups in total. The molecule has 7 rings (SSSR count). The third kappa shape index (κ3) is 4.35. The second-order valence-electron chi connectivity index (χ2n) is 9.42. The van der Waals surface area contributed by atoms with Crippen LogP contribution in [-0.4, -0.2) is 16.8 Å². The summed E-state index contributed by atoms with van der Waals surface area (Å²) >= 11 is 11.9. The van der Waals surface area contributed by atoms with Crippen molar-refractivity contribution in [3.8, 4) is 0 Å². The molecule has 0 aliphatic heterocycles. The molecule has 38 heavy (non-hydrogen) atoms. The van der Waals surface area contributed by atoms with E-state index in [0.29, 0.717) is 32.2 Å². The van der Waals surface area contributed by atoms with Crippen molar-refractivity contribution >= 4 is 65.4 Å². The van der Waals surface area contributed by atoms with Crippen molar-refractivity contribution in [2.45, 2.75) is 34.5 Å². The Bertz CT molecular complexity index is 1690. The Kier molecular flexibility index (Phi) is 6.18. The number of rotatable bonds is 6. The highest BCUT2D eigenvalue weighted by Gasteiger charge is 2.37. The zero-order valence-corrected chi connectivity index (χ0v) is 23.0. The number of halogens is 2. The van der Waals surface area contributed by atoms with E-state index in [0.717, 1.165) is 24.0 Å². The fourth-order valence-corrected chi connectivity index (χ4v) is 7.84. The first kappa shape index (κ1) is 25.2. The Labute approximate surface area is 231 Å². The molecule has 6 nitrogen and oxygen atoms in total. The predicted molar refractivity (Wildman–Crippen MR) is 152 cm³/mol. The molecule has 0 saturated heterocycles. The Balaban J connectivity index is 1.56. The van der Waals surface area contributed by atoms with E-state index in [-0.39, 0.29) is 21.6 Å². The van der Waals surface area contributed by atoms with Crippen molar-refractivity contribution in [3.63, 3.8) is 0 Å². The molecule has 0 amide bonds. The Hall–Kier alpha value is -3.04. The van der Waals surface area contributed by atoms with E-state index in [1.54, 1.807) is 12.1 Å². The SMILES string of the molecule is O=S(=O)(Nc1c2c(c(NS(=O)(=O)c3ccc(Cl)cc3)c3ccccc13)C1C=CC2CC1)c1ccc(Cl)cc1. The topological polar surface area (TPSA) is 92.3 Å². The van der Waals surface area contributed by atoms with E-state index in [2.05, 4.69) is 21.6 Å². The van der Waals surface area contributed by atoms with E-state index >= 15 is 0 Å². The summed E-state index contributed by atoms with van der Waals surface area (Å²) in [5, 5.41) is 2.09. The van der Waals surface area contributed by atoms with Crippen molar-refractivity contribution < 1.29 is 16.8 Å². The predicted octanol–water partition coefficient (Wildman–Crippen LogP) is 7.28. The van der Waals surface area contributed by atoms with Gasteiger partial charge in [-0.05, 0) is 72.5 Å². The number of fused-ring (bicyclic) bond motifs is 2. The summed E-state index contributed by atoms with van der Waals surface area (Å²) < 4.78 is 59.6. The molecule has 4 aromatic carbocycles. The van der Waals surface area contributed by atoms with Crippen LogP contribution in [0.2, 0.25) is 10.0 Å². The standard InChI is InChI=1S/C28H22Cl2N2O4S2/c29-19-9-13-21(14-10-19)37(33,34)31-27-23-3-1-2-4-24(23)28(26-18-7-5-17(6-8-18)25(26)27)32-38(35,36)22-15-11-20(30)12-16-22/h1-5,7,9-18,31-32H,6,8H2. The van der Waals surface area contributed by atoms with E-state index in [4.69, 9.17) is 23.2 Å². The Morgan fingerprint density at radius 1 is 0.579 bits per heavy atom. The van der Waals surface area contributed by atoms with Gasteiger partial charge in [0.15, 0.2) is 0 Å². The lowest BCUT2D eigenvalue weighted by molar-refractivity contribution is 0.556. The maximum Gasteiger partial charge on any atom is 0.261 e. The Morgan fingerprint density at radius 3 is 1.29 bits per heavy atom. The molecule has 4 aromatic rings. The van der Waals surface area contributed by atoms with Crippen LogP contribution in [0.4, 0.5) is 11.4 Å². The van der Waals surface area contributed by atoms with Gasteiger partial charge >= 0.3 is 0 Å². The summed E-state index contributed by atoms with van der Waals surface area (Å²) in [6.07, 6.45) is 5.85. The number of allylic oxidation sites excluding steroid dienone is 2. The van der Waals surface area contributed by atoms with Crippen molar-refractivity contribution in [1.82, 2.24) is 0 Å². The molecule has 0 spiro atoms. The normalized spacial score (nSPS) is 18.4. The highest BCUT2D eigenvalue weighted by atomic mass is 35.5. The van der Waals surface area contributed by atoms with E-state index in [1.807, 2.05) is 12.1 Å². The van der Waals surface area contributed by atoms with Gasteiger partial charge in [0.1, 0.15) is 0 Å². The summed E-state index contributed by atoms with van der Waals surface area (Å²) in [5.41, 5.74) is 2.54. The van der Waals surface area contributed by atoms with E-state index < -0.39 is 20.0 Å². The smallest absolute Gasteiger partial charge is 0.261 e. The molecule has 2 bridgehead atoms. The average molecular weight is 586 g/mol. The van der Waals surface area contributed by atoms with Crippen LogP contribution in [-0.2, 0) is 20.0 Å². The zero-order chi connectivity index (χ0) is 26.7. The maximum absolute atomic E-state index is 13.5. The minimum atomic E-state index is -3.95. The highest BCUT2D eigenvalue weighted by Crippen LogP contribution is 2.54. The molecular formula is C28H22Cl2N2O4S2. The van der Waals surface area contributed by atoms with Crippen LogP contribution >= 0.6 is 23.2 Å². The van der Waals surface area contributed by atoms with Crippen LogP contribution in [0, 0.1) is 0 Å². The van der Waals surface area contributed by atoms with Gasteiger partial charge in [-0.15, -0.1) is 0 Å². The second-order valence-corrected chi connectivity index (χ2v) is 13.7. The van der Waals surface area contributed by atoms with Gasteiger partial charge in [-0.3, -0.25) is 9.44 Å². The zero-order valence-electron chi connectivity index (χ0n) is 19.9. The summed E-state index contributed by atoms with van der Waals surface area (Å²) in [5.74, 6) is -0.109. The maximum atomic E-state index is 13.5. The van der Waals surface area contributed by atoms with Gasteiger partial charge in [-0.2, -0.15) is 0 Å². The summed E-state index contributed by atoms with van der Waals surface area (Å²) in [7, 11) is -7.90. The molecule has 0 radical (unpaired) electrons. The molecular weight excluding hydrogens is 563 g/mol. The minimum absolute atomic E-state index is 0.0543. The van der Waals surface area contributed by atoms with Gasteiger partial charge in [0, 0.05) is 32.7 Å². The first-order valence-corrected chi connectivity index (χ1v) is 15.7. The van der Waals surface area contributed by atoms with Gasteiger partial charge < -0.3 is 0 Å². The fourth-order valence-electron chi connectivity index (χ4n) is 5.38. The van der Waals surface area contributed by atoms with Crippen molar-refractivity contribution in [1.29, 1.82) is 0 Å².